The van der Waals surface area contributed by atoms with Crippen LogP contribution in [0.5, 0.6) is 0 Å². The maximum absolute atomic E-state index is 12.4. The topological polar surface area (TPSA) is 37.4 Å². The van der Waals surface area contributed by atoms with Crippen molar-refractivity contribution in [2.24, 2.45) is 5.92 Å². The van der Waals surface area contributed by atoms with Gasteiger partial charge >= 0.3 is 0 Å². The first kappa shape index (κ1) is 13.8. The highest BCUT2D eigenvalue weighted by Gasteiger charge is 2.39. The van der Waals surface area contributed by atoms with Crippen LogP contribution in [0.1, 0.15) is 13.3 Å². The second-order valence-electron chi connectivity index (χ2n) is 4.16. The third-order valence-corrected chi connectivity index (χ3v) is 7.39. The van der Waals surface area contributed by atoms with Crippen molar-refractivity contribution < 1.29 is 8.42 Å². The number of hydrogen-bond acceptors (Lipinski definition) is 3. The summed E-state index contributed by atoms with van der Waals surface area (Å²) >= 11 is 10.3. The summed E-state index contributed by atoms with van der Waals surface area (Å²) in [5, 5.41) is 0.673. The van der Waals surface area contributed by atoms with E-state index in [9.17, 15) is 8.42 Å². The summed E-state index contributed by atoms with van der Waals surface area (Å²) in [4.78, 5) is 0. The molecule has 1 aliphatic heterocycles. The summed E-state index contributed by atoms with van der Waals surface area (Å²) in [5.41, 5.74) is 0. The Labute approximate surface area is 119 Å². The van der Waals surface area contributed by atoms with E-state index in [1.165, 1.54) is 0 Å². The van der Waals surface area contributed by atoms with E-state index in [0.29, 0.717) is 26.3 Å². The number of rotatable bonds is 3. The van der Waals surface area contributed by atoms with Crippen molar-refractivity contribution in [2.45, 2.75) is 23.6 Å². The van der Waals surface area contributed by atoms with Gasteiger partial charge in [-0.25, -0.2) is 8.42 Å². The second-order valence-corrected chi connectivity index (χ2v) is 8.64. The first-order valence-corrected chi connectivity index (χ1v) is 9.05. The normalized spacial score (nSPS) is 26.5. The minimum atomic E-state index is -3.37. The van der Waals surface area contributed by atoms with Crippen molar-refractivity contribution in [1.82, 2.24) is 4.31 Å². The number of thiophene rings is 1. The van der Waals surface area contributed by atoms with Gasteiger partial charge in [0.15, 0.2) is 0 Å². The van der Waals surface area contributed by atoms with Gasteiger partial charge in [-0.3, -0.25) is 0 Å². The molecule has 17 heavy (non-hydrogen) atoms. The third kappa shape index (κ3) is 2.56. The molecular formula is C10H13BrClNO2S2. The van der Waals surface area contributed by atoms with Gasteiger partial charge in [-0.1, -0.05) is 34.5 Å². The fourth-order valence-electron chi connectivity index (χ4n) is 2.05. The number of hydrogen-bond donors (Lipinski definition) is 0. The molecule has 7 heteroatoms. The van der Waals surface area contributed by atoms with Gasteiger partial charge in [0.25, 0.3) is 10.0 Å². The van der Waals surface area contributed by atoms with Crippen molar-refractivity contribution in [1.29, 1.82) is 0 Å². The van der Waals surface area contributed by atoms with Gasteiger partial charge in [0.1, 0.15) is 4.21 Å². The van der Waals surface area contributed by atoms with Crippen molar-refractivity contribution in [3.05, 3.63) is 16.5 Å². The Kier molecular flexibility index (Phi) is 4.20. The van der Waals surface area contributed by atoms with Crippen molar-refractivity contribution >= 4 is 48.9 Å². The van der Waals surface area contributed by atoms with Crippen LogP contribution < -0.4 is 0 Å². The Morgan fingerprint density at radius 2 is 2.29 bits per heavy atom. The molecule has 2 heterocycles. The van der Waals surface area contributed by atoms with Gasteiger partial charge < -0.3 is 0 Å². The molecule has 0 aliphatic carbocycles. The fourth-order valence-corrected chi connectivity index (χ4v) is 6.58. The largest absolute Gasteiger partial charge is 0.252 e. The molecule has 0 bridgehead atoms. The lowest BCUT2D eigenvalue weighted by atomic mass is 10.1. The van der Waals surface area contributed by atoms with E-state index in [0.717, 1.165) is 17.8 Å². The SMILES string of the molecule is CC1CCN(S(=O)(=O)c2ccc(Cl)s2)C1CBr. The quantitative estimate of drug-likeness (QED) is 0.778. The summed E-state index contributed by atoms with van der Waals surface area (Å²) in [6.07, 6.45) is 0.911. The standard InChI is InChI=1S/C10H13BrClNO2S2/c1-7-4-5-13(8(7)6-11)17(14,15)10-3-2-9(12)16-10/h2-3,7-8H,4-6H2,1H3. The van der Waals surface area contributed by atoms with E-state index < -0.39 is 10.0 Å². The van der Waals surface area contributed by atoms with Gasteiger partial charge in [0, 0.05) is 17.9 Å². The molecule has 0 spiro atoms. The highest BCUT2D eigenvalue weighted by Crippen LogP contribution is 2.34. The van der Waals surface area contributed by atoms with Crippen molar-refractivity contribution in [3.63, 3.8) is 0 Å². The van der Waals surface area contributed by atoms with Crippen LogP contribution in [-0.4, -0.2) is 30.6 Å². The molecule has 1 aliphatic rings. The number of sulfonamides is 1. The summed E-state index contributed by atoms with van der Waals surface area (Å²) in [7, 11) is -3.37. The first-order chi connectivity index (χ1) is 7.96. The summed E-state index contributed by atoms with van der Waals surface area (Å²) in [6.45, 7) is 2.68. The van der Waals surface area contributed by atoms with Crippen molar-refractivity contribution in [2.75, 3.05) is 11.9 Å². The Hall–Kier alpha value is 0.380. The molecule has 0 aromatic carbocycles. The zero-order chi connectivity index (χ0) is 12.6. The molecule has 0 amide bonds. The molecule has 3 nitrogen and oxygen atoms in total. The average molecular weight is 359 g/mol. The zero-order valence-corrected chi connectivity index (χ0v) is 13.2. The molecule has 0 N–H and O–H groups in total. The van der Waals surface area contributed by atoms with Gasteiger partial charge in [0.05, 0.1) is 4.34 Å². The summed E-state index contributed by atoms with van der Waals surface area (Å²) < 4.78 is 27.3. The van der Waals surface area contributed by atoms with Gasteiger partial charge in [-0.2, -0.15) is 4.31 Å². The molecule has 0 saturated carbocycles. The van der Waals surface area contributed by atoms with Crippen LogP contribution in [0.25, 0.3) is 0 Å². The lowest BCUT2D eigenvalue weighted by molar-refractivity contribution is 0.379. The highest BCUT2D eigenvalue weighted by molar-refractivity contribution is 9.09. The van der Waals surface area contributed by atoms with E-state index >= 15 is 0 Å². The fraction of sp³-hybridized carbons (Fsp3) is 0.600. The molecule has 1 fully saturated rings. The Balaban J connectivity index is 2.33. The van der Waals surface area contributed by atoms with Gasteiger partial charge in [-0.15, -0.1) is 11.3 Å². The maximum atomic E-state index is 12.4. The summed E-state index contributed by atoms with van der Waals surface area (Å²) in [5.74, 6) is 0.389. The minimum Gasteiger partial charge on any atom is -0.206 e. The van der Waals surface area contributed by atoms with Crippen LogP contribution in [0, 0.1) is 5.92 Å². The monoisotopic (exact) mass is 357 g/mol. The Bertz CT molecular complexity index is 502. The van der Waals surface area contributed by atoms with E-state index in [1.54, 1.807) is 16.4 Å². The molecule has 0 radical (unpaired) electrons. The van der Waals surface area contributed by atoms with E-state index in [1.807, 2.05) is 0 Å². The molecule has 2 rings (SSSR count). The van der Waals surface area contributed by atoms with Crippen molar-refractivity contribution in [3.8, 4) is 0 Å². The Morgan fingerprint density at radius 3 is 2.82 bits per heavy atom. The van der Waals surface area contributed by atoms with Crippen LogP contribution in [-0.2, 0) is 10.0 Å². The van der Waals surface area contributed by atoms with Crippen LogP contribution in [0.4, 0.5) is 0 Å². The lowest BCUT2D eigenvalue weighted by Gasteiger charge is -2.23. The minimum absolute atomic E-state index is 0.0425. The maximum Gasteiger partial charge on any atom is 0.252 e. The van der Waals surface area contributed by atoms with Gasteiger partial charge in [0.2, 0.25) is 0 Å². The van der Waals surface area contributed by atoms with Crippen LogP contribution in [0.3, 0.4) is 0 Å². The molecule has 2 unspecified atom stereocenters. The van der Waals surface area contributed by atoms with E-state index in [4.69, 9.17) is 11.6 Å². The molecule has 1 aromatic heterocycles. The number of halogens is 2. The van der Waals surface area contributed by atoms with Crippen LogP contribution in [0.15, 0.2) is 16.3 Å². The molecule has 1 saturated heterocycles. The van der Waals surface area contributed by atoms with Crippen LogP contribution in [0.2, 0.25) is 4.34 Å². The molecular weight excluding hydrogens is 346 g/mol. The van der Waals surface area contributed by atoms with Gasteiger partial charge in [-0.05, 0) is 24.5 Å². The zero-order valence-electron chi connectivity index (χ0n) is 9.27. The molecule has 96 valence electrons. The predicted molar refractivity (Wildman–Crippen MR) is 74.6 cm³/mol. The first-order valence-electron chi connectivity index (χ1n) is 5.30. The van der Waals surface area contributed by atoms with Crippen LogP contribution >= 0.6 is 38.9 Å². The smallest absolute Gasteiger partial charge is 0.206 e. The summed E-state index contributed by atoms with van der Waals surface area (Å²) in [6, 6.07) is 3.25. The lowest BCUT2D eigenvalue weighted by Crippen LogP contribution is -2.38. The predicted octanol–water partition coefficient (Wildman–Crippen LogP) is 3.20. The Morgan fingerprint density at radius 1 is 1.59 bits per heavy atom. The highest BCUT2D eigenvalue weighted by atomic mass is 79.9. The van der Waals surface area contributed by atoms with E-state index in [2.05, 4.69) is 22.9 Å². The molecule has 1 aromatic rings. The second kappa shape index (κ2) is 5.17. The van der Waals surface area contributed by atoms with E-state index in [-0.39, 0.29) is 6.04 Å². The number of nitrogens with zero attached hydrogens (tertiary/aromatic N) is 1. The molecule has 2 atom stereocenters. The third-order valence-electron chi connectivity index (χ3n) is 3.10. The number of alkyl halides is 1. The average Bonchev–Trinajstić information content (AvgIpc) is 2.84.